The topological polar surface area (TPSA) is 105 Å². The summed E-state index contributed by atoms with van der Waals surface area (Å²) < 4.78 is 23.7. The third-order valence-electron chi connectivity index (χ3n) is 13.4. The molecule has 0 bridgehead atoms. The number of nitrogens with one attached hydrogen (secondary N) is 1. The molecule has 0 aromatic heterocycles. The van der Waals surface area contributed by atoms with Crippen LogP contribution in [-0.2, 0) is 18.4 Å². The SMILES string of the molecule is CCCCCCCCCC/C=C\CCCCCCCCCCCCCC(=O)NC(COP(=O)(O)OCC[N+](C)(C)C)C(O)/C=C/CCCCCCCCCCCCCCCCCCCCCC. The summed E-state index contributed by atoms with van der Waals surface area (Å²) in [7, 11) is 1.58. The second kappa shape index (κ2) is 49.9. The first-order valence-electron chi connectivity index (χ1n) is 29.2. The van der Waals surface area contributed by atoms with Crippen LogP contribution in [-0.4, -0.2) is 73.4 Å². The molecule has 67 heavy (non-hydrogen) atoms. The zero-order valence-electron chi connectivity index (χ0n) is 45.4. The van der Waals surface area contributed by atoms with Gasteiger partial charge in [0, 0.05) is 6.42 Å². The number of nitrogens with zero attached hydrogens (tertiary/aromatic N) is 1. The number of phosphoric acid groups is 1. The standard InChI is InChI=1S/C58H115N2O6P/c1-6-8-10-12-14-16-18-20-22-24-26-28-30-32-34-36-38-40-42-44-46-48-50-52-58(62)59-56(55-66-67(63,64)65-54-53-60(3,4)5)57(61)51-49-47-45-43-41-39-37-35-33-31-29-27-25-23-21-19-17-15-13-11-9-7-2/h24,26,49,51,56-57,61H,6-23,25,27-48,50,52-55H2,1-5H3,(H-,59,62,63,64)/p+1/b26-24-,51-49+. The van der Waals surface area contributed by atoms with E-state index >= 15 is 0 Å². The highest BCUT2D eigenvalue weighted by Crippen LogP contribution is 2.43. The second-order valence-corrected chi connectivity index (χ2v) is 22.8. The lowest BCUT2D eigenvalue weighted by molar-refractivity contribution is -0.870. The van der Waals surface area contributed by atoms with Crippen molar-refractivity contribution in [2.75, 3.05) is 40.9 Å². The first kappa shape index (κ1) is 66.0. The Hall–Kier alpha value is -1.02. The van der Waals surface area contributed by atoms with E-state index in [2.05, 4.69) is 31.3 Å². The Kier molecular flexibility index (Phi) is 49.2. The average Bonchev–Trinajstić information content (AvgIpc) is 3.29. The minimum atomic E-state index is -4.34. The molecule has 9 heteroatoms. The highest BCUT2D eigenvalue weighted by atomic mass is 31.2. The third-order valence-corrected chi connectivity index (χ3v) is 14.4. The Balaban J connectivity index is 4.20. The molecule has 0 aromatic carbocycles. The number of hydrogen-bond donors (Lipinski definition) is 3. The van der Waals surface area contributed by atoms with Crippen LogP contribution in [0, 0.1) is 0 Å². The van der Waals surface area contributed by atoms with Gasteiger partial charge < -0.3 is 19.8 Å². The van der Waals surface area contributed by atoms with Gasteiger partial charge in [-0.05, 0) is 44.9 Å². The molecule has 3 unspecified atom stereocenters. The number of rotatable bonds is 54. The molecule has 0 saturated heterocycles. The monoisotopic (exact) mass is 968 g/mol. The summed E-state index contributed by atoms with van der Waals surface area (Å²) in [5.74, 6) is -0.173. The molecule has 0 heterocycles. The van der Waals surface area contributed by atoms with E-state index < -0.39 is 20.0 Å². The van der Waals surface area contributed by atoms with Crippen molar-refractivity contribution in [2.24, 2.45) is 0 Å². The lowest BCUT2D eigenvalue weighted by Crippen LogP contribution is -2.45. The molecular weight excluding hydrogens is 852 g/mol. The average molecular weight is 969 g/mol. The van der Waals surface area contributed by atoms with Gasteiger partial charge in [0.15, 0.2) is 0 Å². The van der Waals surface area contributed by atoms with Gasteiger partial charge in [-0.25, -0.2) is 4.57 Å². The van der Waals surface area contributed by atoms with E-state index in [1.54, 1.807) is 6.08 Å². The smallest absolute Gasteiger partial charge is 0.387 e. The highest BCUT2D eigenvalue weighted by molar-refractivity contribution is 7.47. The summed E-state index contributed by atoms with van der Waals surface area (Å²) in [4.78, 5) is 23.3. The molecule has 8 nitrogen and oxygen atoms in total. The molecule has 0 rings (SSSR count). The fourth-order valence-electron chi connectivity index (χ4n) is 8.80. The fraction of sp³-hybridized carbons (Fsp3) is 0.914. The number of quaternary nitrogens is 1. The van der Waals surface area contributed by atoms with Gasteiger partial charge in [0.25, 0.3) is 0 Å². The van der Waals surface area contributed by atoms with Gasteiger partial charge in [-0.15, -0.1) is 0 Å². The van der Waals surface area contributed by atoms with Crippen LogP contribution in [0.15, 0.2) is 24.3 Å². The number of aliphatic hydroxyl groups excluding tert-OH is 1. The molecular formula is C58H116N2O6P+. The number of amides is 1. The molecule has 0 radical (unpaired) electrons. The van der Waals surface area contributed by atoms with Crippen LogP contribution in [0.25, 0.3) is 0 Å². The van der Waals surface area contributed by atoms with E-state index in [9.17, 15) is 19.4 Å². The lowest BCUT2D eigenvalue weighted by atomic mass is 10.0. The van der Waals surface area contributed by atoms with Crippen molar-refractivity contribution in [3.05, 3.63) is 24.3 Å². The summed E-state index contributed by atoms with van der Waals surface area (Å²) in [5.41, 5.74) is 0. The molecule has 0 aromatic rings. The first-order chi connectivity index (χ1) is 32.5. The molecule has 0 aliphatic heterocycles. The van der Waals surface area contributed by atoms with Gasteiger partial charge >= 0.3 is 7.82 Å². The van der Waals surface area contributed by atoms with Crippen LogP contribution in [0.4, 0.5) is 0 Å². The predicted molar refractivity (Wildman–Crippen MR) is 291 cm³/mol. The van der Waals surface area contributed by atoms with Crippen LogP contribution < -0.4 is 5.32 Å². The summed E-state index contributed by atoms with van der Waals surface area (Å²) in [5, 5.41) is 14.0. The van der Waals surface area contributed by atoms with Crippen LogP contribution in [0.3, 0.4) is 0 Å². The highest BCUT2D eigenvalue weighted by Gasteiger charge is 2.27. The van der Waals surface area contributed by atoms with Gasteiger partial charge in [0.2, 0.25) is 5.91 Å². The predicted octanol–water partition coefficient (Wildman–Crippen LogP) is 17.6. The Bertz CT molecular complexity index is 1140. The molecule has 3 atom stereocenters. The normalized spacial score (nSPS) is 14.1. The largest absolute Gasteiger partial charge is 0.472 e. The molecule has 0 aliphatic carbocycles. The number of aliphatic hydroxyl groups is 1. The Labute approximate surface area is 417 Å². The number of phosphoric ester groups is 1. The molecule has 0 aliphatic rings. The van der Waals surface area contributed by atoms with Crippen molar-refractivity contribution in [1.29, 1.82) is 0 Å². The maximum Gasteiger partial charge on any atom is 0.472 e. The number of allylic oxidation sites excluding steroid dienone is 3. The van der Waals surface area contributed by atoms with E-state index in [1.807, 2.05) is 27.2 Å². The Morgan fingerprint density at radius 3 is 1.15 bits per heavy atom. The van der Waals surface area contributed by atoms with Crippen LogP contribution >= 0.6 is 7.82 Å². The summed E-state index contributed by atoms with van der Waals surface area (Å²) in [6.07, 6.45) is 62.7. The zero-order valence-corrected chi connectivity index (χ0v) is 46.3. The van der Waals surface area contributed by atoms with Crippen molar-refractivity contribution >= 4 is 13.7 Å². The van der Waals surface area contributed by atoms with Gasteiger partial charge in [0.05, 0.1) is 39.9 Å². The Morgan fingerprint density at radius 1 is 0.493 bits per heavy atom. The maximum absolute atomic E-state index is 13.0. The van der Waals surface area contributed by atoms with E-state index in [0.29, 0.717) is 17.4 Å². The maximum atomic E-state index is 13.0. The van der Waals surface area contributed by atoms with Gasteiger partial charge in [-0.1, -0.05) is 263 Å². The molecule has 0 saturated carbocycles. The van der Waals surface area contributed by atoms with E-state index in [4.69, 9.17) is 9.05 Å². The van der Waals surface area contributed by atoms with Crippen molar-refractivity contribution in [2.45, 2.75) is 302 Å². The van der Waals surface area contributed by atoms with Crippen molar-refractivity contribution in [3.63, 3.8) is 0 Å². The summed E-state index contributed by atoms with van der Waals surface area (Å²) in [6.45, 7) is 4.86. The number of likely N-dealkylation sites (N-methyl/N-ethyl adjacent to an activating group) is 1. The third kappa shape index (κ3) is 52.6. The molecule has 398 valence electrons. The van der Waals surface area contributed by atoms with E-state index in [1.165, 1.54) is 238 Å². The minimum Gasteiger partial charge on any atom is -0.387 e. The first-order valence-corrected chi connectivity index (χ1v) is 30.7. The van der Waals surface area contributed by atoms with Crippen LogP contribution in [0.1, 0.15) is 290 Å². The number of carbonyl (C=O) groups is 1. The molecule has 3 N–H and O–H groups in total. The number of carbonyl (C=O) groups excluding carboxylic acids is 1. The van der Waals surface area contributed by atoms with Gasteiger partial charge in [-0.2, -0.15) is 0 Å². The number of hydrogen-bond acceptors (Lipinski definition) is 5. The fourth-order valence-corrected chi connectivity index (χ4v) is 9.54. The molecule has 0 fully saturated rings. The molecule has 0 spiro atoms. The quantitative estimate of drug-likeness (QED) is 0.0243. The van der Waals surface area contributed by atoms with Crippen LogP contribution in [0.5, 0.6) is 0 Å². The van der Waals surface area contributed by atoms with Crippen molar-refractivity contribution in [1.82, 2.24) is 5.32 Å². The summed E-state index contributed by atoms with van der Waals surface area (Å²) in [6, 6.07) is -0.845. The zero-order chi connectivity index (χ0) is 49.2. The summed E-state index contributed by atoms with van der Waals surface area (Å²) >= 11 is 0. The van der Waals surface area contributed by atoms with E-state index in [0.717, 1.165) is 32.1 Å². The number of unbranched alkanes of at least 4 members (excludes halogenated alkanes) is 39. The van der Waals surface area contributed by atoms with Crippen molar-refractivity contribution in [3.8, 4) is 0 Å². The van der Waals surface area contributed by atoms with Crippen LogP contribution in [0.2, 0.25) is 0 Å². The molecule has 1 amide bonds. The van der Waals surface area contributed by atoms with Crippen molar-refractivity contribution < 1.29 is 32.9 Å². The Morgan fingerprint density at radius 2 is 0.806 bits per heavy atom. The second-order valence-electron chi connectivity index (χ2n) is 21.4. The van der Waals surface area contributed by atoms with Gasteiger partial charge in [-0.3, -0.25) is 13.8 Å². The van der Waals surface area contributed by atoms with Gasteiger partial charge in [0.1, 0.15) is 13.2 Å². The minimum absolute atomic E-state index is 0.0633. The van der Waals surface area contributed by atoms with E-state index in [-0.39, 0.29) is 19.1 Å². The lowest BCUT2D eigenvalue weighted by Gasteiger charge is -2.25.